The van der Waals surface area contributed by atoms with Crippen LogP contribution in [-0.2, 0) is 4.79 Å². The van der Waals surface area contributed by atoms with Crippen molar-refractivity contribution < 1.29 is 9.53 Å². The highest BCUT2D eigenvalue weighted by Crippen LogP contribution is 2.32. The van der Waals surface area contributed by atoms with E-state index in [0.29, 0.717) is 5.75 Å². The maximum Gasteiger partial charge on any atom is 0.277 e. The van der Waals surface area contributed by atoms with E-state index in [9.17, 15) is 4.79 Å². The third kappa shape index (κ3) is 3.78. The first-order valence-corrected chi connectivity index (χ1v) is 7.78. The Hall–Kier alpha value is -2.60. The summed E-state index contributed by atoms with van der Waals surface area (Å²) >= 11 is 3.52. The Morgan fingerprint density at radius 3 is 2.91 bits per heavy atom. The number of aromatic amines is 1. The molecule has 116 valence electrons. The van der Waals surface area contributed by atoms with Crippen molar-refractivity contribution in [3.8, 4) is 5.75 Å². The van der Waals surface area contributed by atoms with Gasteiger partial charge in [-0.25, -0.2) is 5.43 Å². The molecule has 0 spiro atoms. The summed E-state index contributed by atoms with van der Waals surface area (Å²) in [6.45, 7) is -0.112. The summed E-state index contributed by atoms with van der Waals surface area (Å²) in [4.78, 5) is 14.7. The van der Waals surface area contributed by atoms with Crippen LogP contribution in [0.15, 0.2) is 64.3 Å². The summed E-state index contributed by atoms with van der Waals surface area (Å²) < 4.78 is 6.39. The molecule has 0 aliphatic rings. The topological polar surface area (TPSA) is 66.5 Å². The zero-order valence-corrected chi connectivity index (χ0v) is 13.7. The number of hydrogen-bond acceptors (Lipinski definition) is 3. The minimum Gasteiger partial charge on any atom is -0.483 e. The number of rotatable bonds is 5. The summed E-state index contributed by atoms with van der Waals surface area (Å²) in [6, 6.07) is 15.4. The minimum absolute atomic E-state index is 0.112. The number of amides is 1. The number of ether oxygens (including phenoxy) is 1. The average molecular weight is 372 g/mol. The highest BCUT2D eigenvalue weighted by Gasteiger charge is 2.08. The van der Waals surface area contributed by atoms with Crippen molar-refractivity contribution >= 4 is 38.8 Å². The Balaban J connectivity index is 1.59. The van der Waals surface area contributed by atoms with Crippen LogP contribution in [0, 0.1) is 0 Å². The van der Waals surface area contributed by atoms with E-state index < -0.39 is 0 Å². The number of hydrazone groups is 1. The van der Waals surface area contributed by atoms with Crippen molar-refractivity contribution in [3.63, 3.8) is 0 Å². The molecule has 2 N–H and O–H groups in total. The van der Waals surface area contributed by atoms with Gasteiger partial charge in [-0.3, -0.25) is 4.79 Å². The first kappa shape index (κ1) is 15.3. The first-order valence-electron chi connectivity index (χ1n) is 6.99. The van der Waals surface area contributed by atoms with Crippen LogP contribution in [0.4, 0.5) is 0 Å². The fourth-order valence-electron chi connectivity index (χ4n) is 2.10. The summed E-state index contributed by atoms with van der Waals surface area (Å²) in [6.07, 6.45) is 3.31. The normalized spacial score (nSPS) is 11.0. The fraction of sp³-hybridized carbons (Fsp3) is 0.0588. The number of fused-ring (bicyclic) bond motifs is 1. The molecule has 0 radical (unpaired) electrons. The van der Waals surface area contributed by atoms with Gasteiger partial charge in [0.05, 0.1) is 16.4 Å². The van der Waals surface area contributed by atoms with Gasteiger partial charge in [-0.15, -0.1) is 0 Å². The Bertz CT molecular complexity index is 844. The second-order valence-electron chi connectivity index (χ2n) is 4.81. The Kier molecular flexibility index (Phi) is 4.73. The van der Waals surface area contributed by atoms with Crippen molar-refractivity contribution in [3.05, 3.63) is 64.9 Å². The van der Waals surface area contributed by atoms with E-state index in [-0.39, 0.29) is 12.5 Å². The molecule has 1 aromatic heterocycles. The predicted molar refractivity (Wildman–Crippen MR) is 93.7 cm³/mol. The van der Waals surface area contributed by atoms with E-state index >= 15 is 0 Å². The second kappa shape index (κ2) is 7.11. The van der Waals surface area contributed by atoms with Gasteiger partial charge in [0.25, 0.3) is 5.91 Å². The van der Waals surface area contributed by atoms with Gasteiger partial charge in [0.2, 0.25) is 0 Å². The Labute approximate surface area is 141 Å². The number of carbonyl (C=O) groups is 1. The molecule has 0 aliphatic carbocycles. The van der Waals surface area contributed by atoms with Gasteiger partial charge in [0, 0.05) is 6.20 Å². The van der Waals surface area contributed by atoms with E-state index in [2.05, 4.69) is 31.4 Å². The van der Waals surface area contributed by atoms with Crippen LogP contribution >= 0.6 is 15.9 Å². The molecule has 0 saturated heterocycles. The lowest BCUT2D eigenvalue weighted by atomic mass is 10.1. The first-order chi connectivity index (χ1) is 11.2. The van der Waals surface area contributed by atoms with Crippen LogP contribution in [-0.4, -0.2) is 23.7 Å². The fourth-order valence-corrected chi connectivity index (χ4v) is 2.71. The van der Waals surface area contributed by atoms with Gasteiger partial charge < -0.3 is 9.72 Å². The van der Waals surface area contributed by atoms with Crippen LogP contribution in [0.2, 0.25) is 0 Å². The van der Waals surface area contributed by atoms with E-state index in [1.807, 2.05) is 48.5 Å². The largest absolute Gasteiger partial charge is 0.483 e. The molecule has 0 unspecified atom stereocenters. The second-order valence-corrected chi connectivity index (χ2v) is 5.60. The van der Waals surface area contributed by atoms with Crippen LogP contribution in [0.25, 0.3) is 10.8 Å². The number of carbonyl (C=O) groups excluding carboxylic acids is 1. The van der Waals surface area contributed by atoms with Gasteiger partial charge in [0.15, 0.2) is 6.61 Å². The Morgan fingerprint density at radius 1 is 1.22 bits per heavy atom. The number of nitrogens with zero attached hydrogens (tertiary/aromatic N) is 1. The third-order valence-corrected chi connectivity index (χ3v) is 4.02. The van der Waals surface area contributed by atoms with Gasteiger partial charge in [-0.05, 0) is 44.9 Å². The number of nitrogens with one attached hydrogen (secondary N) is 2. The molecule has 0 fully saturated rings. The molecule has 0 atom stereocenters. The number of aromatic nitrogens is 1. The van der Waals surface area contributed by atoms with E-state index in [0.717, 1.165) is 20.9 Å². The maximum absolute atomic E-state index is 11.7. The zero-order chi connectivity index (χ0) is 16.1. The number of halogens is 1. The monoisotopic (exact) mass is 371 g/mol. The number of hydrogen-bond donors (Lipinski definition) is 2. The molecule has 1 heterocycles. The molecule has 0 bridgehead atoms. The van der Waals surface area contributed by atoms with Crippen LogP contribution in [0.1, 0.15) is 5.69 Å². The maximum atomic E-state index is 11.7. The van der Waals surface area contributed by atoms with Crippen LogP contribution in [0.5, 0.6) is 5.75 Å². The van der Waals surface area contributed by atoms with Gasteiger partial charge >= 0.3 is 0 Å². The van der Waals surface area contributed by atoms with E-state index in [1.54, 1.807) is 6.20 Å². The van der Waals surface area contributed by atoms with Crippen LogP contribution in [0.3, 0.4) is 0 Å². The molecule has 0 saturated carbocycles. The average Bonchev–Trinajstić information content (AvgIpc) is 3.08. The smallest absolute Gasteiger partial charge is 0.277 e. The number of H-pyrrole nitrogens is 1. The van der Waals surface area contributed by atoms with Gasteiger partial charge in [-0.2, -0.15) is 5.10 Å². The molecular weight excluding hydrogens is 358 g/mol. The van der Waals surface area contributed by atoms with Crippen molar-refractivity contribution in [1.82, 2.24) is 10.4 Å². The van der Waals surface area contributed by atoms with Crippen molar-refractivity contribution in [1.29, 1.82) is 0 Å². The molecular formula is C17H14BrN3O2. The van der Waals surface area contributed by atoms with Gasteiger partial charge in [-0.1, -0.05) is 30.3 Å². The molecule has 0 aliphatic heterocycles. The molecule has 23 heavy (non-hydrogen) atoms. The summed E-state index contributed by atoms with van der Waals surface area (Å²) in [5, 5.41) is 5.99. The van der Waals surface area contributed by atoms with Crippen molar-refractivity contribution in [2.24, 2.45) is 5.10 Å². The highest BCUT2D eigenvalue weighted by molar-refractivity contribution is 9.10. The summed E-state index contributed by atoms with van der Waals surface area (Å²) in [5.74, 6) is 0.292. The summed E-state index contributed by atoms with van der Waals surface area (Å²) in [7, 11) is 0. The quantitative estimate of drug-likeness (QED) is 0.532. The lowest BCUT2D eigenvalue weighted by Crippen LogP contribution is -2.24. The van der Waals surface area contributed by atoms with Crippen molar-refractivity contribution in [2.75, 3.05) is 6.61 Å². The lowest BCUT2D eigenvalue weighted by Gasteiger charge is -2.09. The third-order valence-electron chi connectivity index (χ3n) is 3.20. The molecule has 3 rings (SSSR count). The van der Waals surface area contributed by atoms with Crippen LogP contribution < -0.4 is 10.2 Å². The standard InChI is InChI=1S/C17H14BrN3O2/c18-17-14-6-2-1-4-12(14)7-8-15(17)23-11-16(22)21-20-10-13-5-3-9-19-13/h1-10,19H,11H2,(H,21,22)/b20-10+. The van der Waals surface area contributed by atoms with Gasteiger partial charge in [0.1, 0.15) is 5.75 Å². The van der Waals surface area contributed by atoms with E-state index in [4.69, 9.17) is 4.74 Å². The van der Waals surface area contributed by atoms with Crippen molar-refractivity contribution in [2.45, 2.75) is 0 Å². The zero-order valence-electron chi connectivity index (χ0n) is 12.1. The lowest BCUT2D eigenvalue weighted by molar-refractivity contribution is -0.123. The molecule has 2 aromatic carbocycles. The molecule has 5 nitrogen and oxygen atoms in total. The molecule has 1 amide bonds. The Morgan fingerprint density at radius 2 is 2.09 bits per heavy atom. The summed E-state index contributed by atoms with van der Waals surface area (Å²) in [5.41, 5.74) is 3.23. The molecule has 6 heteroatoms. The van der Waals surface area contributed by atoms with E-state index in [1.165, 1.54) is 6.21 Å². The highest BCUT2D eigenvalue weighted by atomic mass is 79.9. The molecule has 3 aromatic rings. The SMILES string of the molecule is O=C(COc1ccc2ccccc2c1Br)N/N=C/c1ccc[nH]1. The minimum atomic E-state index is -0.326. The predicted octanol–water partition coefficient (Wildman–Crippen LogP) is 3.46. The number of benzene rings is 2.